The van der Waals surface area contributed by atoms with Crippen LogP contribution in [0.15, 0.2) is 140 Å². The molecule has 0 N–H and O–H groups in total. The van der Waals surface area contributed by atoms with Crippen molar-refractivity contribution in [2.75, 3.05) is 26.6 Å². The van der Waals surface area contributed by atoms with Crippen LogP contribution < -0.4 is 19.6 Å². The molecule has 0 bridgehead atoms. The molecule has 4 aliphatic rings. The van der Waals surface area contributed by atoms with Gasteiger partial charge in [-0.25, -0.2) is 9.97 Å². The lowest BCUT2D eigenvalue weighted by atomic mass is 9.71. The summed E-state index contributed by atoms with van der Waals surface area (Å²) < 4.78 is 0. The first-order chi connectivity index (χ1) is 24.1. The molecular weight excluding hydrogens is 601 g/mol. The summed E-state index contributed by atoms with van der Waals surface area (Å²) in [6.07, 6.45) is 2.83. The summed E-state index contributed by atoms with van der Waals surface area (Å²) in [6, 6.07) is 46.0. The molecule has 6 aromatic rings. The SMILES string of the molecule is C=C1CC2c3ccccc3N3c4ccccc4N(c4ccccc4)C3C2C2N(C)c3cnc(-c4ccccc4C)nc3N2c2ccccc21. The van der Waals surface area contributed by atoms with Crippen LogP contribution in [0.4, 0.5) is 39.9 Å². The first kappa shape index (κ1) is 28.2. The second-order valence-corrected chi connectivity index (χ2v) is 13.7. The second-order valence-electron chi connectivity index (χ2n) is 13.7. The molecule has 0 radical (unpaired) electrons. The zero-order chi connectivity index (χ0) is 32.8. The van der Waals surface area contributed by atoms with Crippen LogP contribution >= 0.6 is 0 Å². The van der Waals surface area contributed by atoms with Crippen molar-refractivity contribution in [3.05, 3.63) is 157 Å². The molecule has 0 saturated heterocycles. The maximum absolute atomic E-state index is 5.42. The van der Waals surface area contributed by atoms with E-state index >= 15 is 0 Å². The normalized spacial score (nSPS) is 21.5. The van der Waals surface area contributed by atoms with Gasteiger partial charge in [0.15, 0.2) is 11.6 Å². The number of allylic oxidation sites excluding steroid dienone is 1. The number of benzene rings is 5. The van der Waals surface area contributed by atoms with Gasteiger partial charge in [0.1, 0.15) is 18.0 Å². The molecule has 4 unspecified atom stereocenters. The third-order valence-corrected chi connectivity index (χ3v) is 11.1. The van der Waals surface area contributed by atoms with Gasteiger partial charge >= 0.3 is 0 Å². The van der Waals surface area contributed by atoms with E-state index in [-0.39, 0.29) is 24.2 Å². The van der Waals surface area contributed by atoms with Crippen molar-refractivity contribution in [1.29, 1.82) is 0 Å². The van der Waals surface area contributed by atoms with Crippen LogP contribution in [0.3, 0.4) is 0 Å². The van der Waals surface area contributed by atoms with E-state index in [1.54, 1.807) is 0 Å². The maximum atomic E-state index is 5.42. The Hall–Kier alpha value is -5.88. The number of fused-ring (bicyclic) bond motifs is 14. The van der Waals surface area contributed by atoms with E-state index in [0.717, 1.165) is 46.1 Å². The highest BCUT2D eigenvalue weighted by Crippen LogP contribution is 2.62. The zero-order valence-corrected chi connectivity index (χ0v) is 27.6. The fourth-order valence-electron chi connectivity index (χ4n) is 9.04. The molecule has 1 aromatic heterocycles. The van der Waals surface area contributed by atoms with Crippen LogP contribution in [0.25, 0.3) is 17.0 Å². The second kappa shape index (κ2) is 10.6. The van der Waals surface area contributed by atoms with Gasteiger partial charge in [0, 0.05) is 41.4 Å². The molecule has 4 aliphatic heterocycles. The Morgan fingerprint density at radius 2 is 1.24 bits per heavy atom. The van der Waals surface area contributed by atoms with Gasteiger partial charge in [-0.1, -0.05) is 97.6 Å². The Labute approximate surface area is 287 Å². The van der Waals surface area contributed by atoms with Crippen LogP contribution in [0.5, 0.6) is 0 Å². The van der Waals surface area contributed by atoms with Gasteiger partial charge in [0.2, 0.25) is 0 Å². The monoisotopic (exact) mass is 636 g/mol. The lowest BCUT2D eigenvalue weighted by Gasteiger charge is -2.53. The molecule has 5 aromatic carbocycles. The van der Waals surface area contributed by atoms with Crippen molar-refractivity contribution in [2.24, 2.45) is 5.92 Å². The molecule has 0 fully saturated rings. The van der Waals surface area contributed by atoms with Gasteiger partial charge in [0.05, 0.1) is 23.3 Å². The fourth-order valence-corrected chi connectivity index (χ4v) is 9.04. The number of anilines is 7. The van der Waals surface area contributed by atoms with Gasteiger partial charge in [-0.2, -0.15) is 0 Å². The molecule has 238 valence electrons. The molecule has 4 atom stereocenters. The Kier molecular flexibility index (Phi) is 6.07. The Balaban J connectivity index is 1.26. The average Bonchev–Trinajstić information content (AvgIpc) is 3.63. The zero-order valence-electron chi connectivity index (χ0n) is 27.6. The third-order valence-electron chi connectivity index (χ3n) is 11.1. The number of nitrogens with zero attached hydrogens (tertiary/aromatic N) is 6. The number of hydrogen-bond donors (Lipinski definition) is 0. The average molecular weight is 637 g/mol. The number of para-hydroxylation sites is 5. The quantitative estimate of drug-likeness (QED) is 0.188. The van der Waals surface area contributed by atoms with E-state index in [0.29, 0.717) is 0 Å². The molecule has 6 nitrogen and oxygen atoms in total. The molecule has 0 spiro atoms. The highest BCUT2D eigenvalue weighted by atomic mass is 15.5. The summed E-state index contributed by atoms with van der Waals surface area (Å²) in [7, 11) is 2.23. The van der Waals surface area contributed by atoms with Crippen molar-refractivity contribution in [3.63, 3.8) is 0 Å². The summed E-state index contributed by atoms with van der Waals surface area (Å²) in [5, 5.41) is 0. The van der Waals surface area contributed by atoms with Crippen LogP contribution in [0.2, 0.25) is 0 Å². The van der Waals surface area contributed by atoms with Crippen LogP contribution in [0, 0.1) is 12.8 Å². The standard InChI is InChI=1S/C43H36N6/c1-27-15-7-8-19-31(27)40-44-26-38-41(45-40)49-34-21-11-9-18-30(34)28(2)25-33-32-20-10-12-22-35(32)48-37-24-14-13-23-36(37)47(29-16-5-4-6-17-29)43(48)39(33)42(49)46(38)3/h4-24,26,33,39,42-43H,2,25H2,1,3H3. The minimum absolute atomic E-state index is 0.00850. The fraction of sp³-hybridized carbons (Fsp3) is 0.163. The first-order valence-electron chi connectivity index (χ1n) is 17.1. The summed E-state index contributed by atoms with van der Waals surface area (Å²) in [5.41, 5.74) is 13.0. The molecule has 0 aliphatic carbocycles. The van der Waals surface area contributed by atoms with Crippen molar-refractivity contribution >= 4 is 45.5 Å². The van der Waals surface area contributed by atoms with Gasteiger partial charge in [-0.3, -0.25) is 0 Å². The minimum Gasteiger partial charge on any atom is -0.349 e. The first-order valence-corrected chi connectivity index (χ1v) is 17.1. The number of aromatic nitrogens is 2. The van der Waals surface area contributed by atoms with Crippen molar-refractivity contribution in [1.82, 2.24) is 9.97 Å². The predicted octanol–water partition coefficient (Wildman–Crippen LogP) is 9.81. The molecule has 5 heterocycles. The molecule has 6 heteroatoms. The smallest absolute Gasteiger partial charge is 0.162 e. The van der Waals surface area contributed by atoms with E-state index in [4.69, 9.17) is 16.5 Å². The summed E-state index contributed by atoms with van der Waals surface area (Å²) in [4.78, 5) is 20.5. The highest BCUT2D eigenvalue weighted by molar-refractivity contribution is 5.93. The molecule has 0 amide bonds. The van der Waals surface area contributed by atoms with Crippen LogP contribution in [-0.4, -0.2) is 29.3 Å². The molecule has 49 heavy (non-hydrogen) atoms. The lowest BCUT2D eigenvalue weighted by molar-refractivity contribution is 0.286. The molecule has 0 saturated carbocycles. The van der Waals surface area contributed by atoms with Crippen LogP contribution in [-0.2, 0) is 0 Å². The largest absolute Gasteiger partial charge is 0.349 e. The van der Waals surface area contributed by atoms with Gasteiger partial charge in [-0.15, -0.1) is 0 Å². The van der Waals surface area contributed by atoms with E-state index in [1.807, 2.05) is 6.20 Å². The van der Waals surface area contributed by atoms with E-state index < -0.39 is 0 Å². The summed E-state index contributed by atoms with van der Waals surface area (Å²) in [6.45, 7) is 6.92. The van der Waals surface area contributed by atoms with Crippen LogP contribution in [0.1, 0.15) is 29.0 Å². The maximum Gasteiger partial charge on any atom is 0.162 e. The Bertz CT molecular complexity index is 2280. The van der Waals surface area contributed by atoms with E-state index in [1.165, 1.54) is 33.9 Å². The number of rotatable bonds is 2. The number of hydrogen-bond acceptors (Lipinski definition) is 6. The lowest BCUT2D eigenvalue weighted by Crippen LogP contribution is -2.60. The highest BCUT2D eigenvalue weighted by Gasteiger charge is 2.57. The van der Waals surface area contributed by atoms with Gasteiger partial charge in [0.25, 0.3) is 0 Å². The minimum atomic E-state index is -0.0583. The van der Waals surface area contributed by atoms with E-state index in [2.05, 4.69) is 161 Å². The van der Waals surface area contributed by atoms with E-state index in [9.17, 15) is 0 Å². The summed E-state index contributed by atoms with van der Waals surface area (Å²) >= 11 is 0. The van der Waals surface area contributed by atoms with Crippen molar-refractivity contribution < 1.29 is 0 Å². The van der Waals surface area contributed by atoms with Gasteiger partial charge < -0.3 is 19.6 Å². The Morgan fingerprint density at radius 3 is 2.02 bits per heavy atom. The van der Waals surface area contributed by atoms with Gasteiger partial charge in [-0.05, 0) is 66.4 Å². The Morgan fingerprint density at radius 1 is 0.612 bits per heavy atom. The summed E-state index contributed by atoms with van der Waals surface area (Å²) in [5.74, 6) is 1.98. The molecule has 10 rings (SSSR count). The predicted molar refractivity (Wildman–Crippen MR) is 200 cm³/mol. The topological polar surface area (TPSA) is 38.7 Å². The number of aryl methyl sites for hydroxylation is 1. The van der Waals surface area contributed by atoms with Crippen molar-refractivity contribution in [2.45, 2.75) is 31.6 Å². The van der Waals surface area contributed by atoms with Crippen molar-refractivity contribution in [3.8, 4) is 11.4 Å². The molecular formula is C43H36N6. The third kappa shape index (κ3) is 3.94.